The van der Waals surface area contributed by atoms with Crippen molar-refractivity contribution in [3.05, 3.63) is 5.82 Å². The summed E-state index contributed by atoms with van der Waals surface area (Å²) in [5.74, 6) is 1.37. The maximum atomic E-state index is 5.51. The van der Waals surface area contributed by atoms with Crippen molar-refractivity contribution < 1.29 is 9.47 Å². The lowest BCUT2D eigenvalue weighted by Gasteiger charge is -2.08. The minimum Gasteiger partial charge on any atom is -0.383 e. The zero-order valence-corrected chi connectivity index (χ0v) is 11.4. The van der Waals surface area contributed by atoms with E-state index in [-0.39, 0.29) is 0 Å². The second-order valence-corrected chi connectivity index (χ2v) is 4.46. The number of rotatable bonds is 10. The van der Waals surface area contributed by atoms with Crippen LogP contribution in [0.5, 0.6) is 0 Å². The van der Waals surface area contributed by atoms with E-state index in [1.54, 1.807) is 11.8 Å². The van der Waals surface area contributed by atoms with E-state index in [0.29, 0.717) is 32.2 Å². The number of tetrazole rings is 1. The molecule has 18 heavy (non-hydrogen) atoms. The zero-order chi connectivity index (χ0) is 13.2. The van der Waals surface area contributed by atoms with Crippen molar-refractivity contribution in [1.29, 1.82) is 0 Å². The van der Waals surface area contributed by atoms with Crippen LogP contribution in [-0.2, 0) is 22.6 Å². The van der Waals surface area contributed by atoms with E-state index in [4.69, 9.17) is 9.47 Å². The average molecular weight is 257 g/mol. The van der Waals surface area contributed by atoms with Gasteiger partial charge in [-0.05, 0) is 16.3 Å². The molecule has 0 saturated carbocycles. The summed E-state index contributed by atoms with van der Waals surface area (Å²) in [5, 5.41) is 14.8. The van der Waals surface area contributed by atoms with Gasteiger partial charge in [-0.25, -0.2) is 4.68 Å². The maximum absolute atomic E-state index is 5.51. The van der Waals surface area contributed by atoms with Crippen LogP contribution in [0.2, 0.25) is 0 Å². The number of nitrogens with zero attached hydrogens (tertiary/aromatic N) is 4. The van der Waals surface area contributed by atoms with Gasteiger partial charge in [0.1, 0.15) is 0 Å². The highest BCUT2D eigenvalue weighted by atomic mass is 16.5. The Kier molecular flexibility index (Phi) is 7.47. The van der Waals surface area contributed by atoms with Crippen LogP contribution in [0.3, 0.4) is 0 Å². The highest BCUT2D eigenvalue weighted by Gasteiger charge is 2.05. The molecule has 1 N–H and O–H groups in total. The molecule has 7 heteroatoms. The van der Waals surface area contributed by atoms with Gasteiger partial charge in [0.25, 0.3) is 0 Å². The molecule has 0 spiro atoms. The van der Waals surface area contributed by atoms with Crippen molar-refractivity contribution in [2.45, 2.75) is 26.9 Å². The molecule has 0 aromatic carbocycles. The number of ether oxygens (including phenoxy) is 2. The Morgan fingerprint density at radius 2 is 2.17 bits per heavy atom. The molecule has 1 aromatic rings. The lowest BCUT2D eigenvalue weighted by molar-refractivity contribution is 0.0999. The van der Waals surface area contributed by atoms with Gasteiger partial charge in [-0.3, -0.25) is 0 Å². The fourth-order valence-electron chi connectivity index (χ4n) is 1.37. The monoisotopic (exact) mass is 257 g/mol. The van der Waals surface area contributed by atoms with Crippen molar-refractivity contribution in [2.75, 3.05) is 33.5 Å². The molecule has 0 aliphatic rings. The molecule has 1 heterocycles. The van der Waals surface area contributed by atoms with Crippen LogP contribution in [0.25, 0.3) is 0 Å². The molecule has 0 atom stereocenters. The summed E-state index contributed by atoms with van der Waals surface area (Å²) < 4.78 is 12.2. The number of nitrogens with one attached hydrogen (secondary N) is 1. The summed E-state index contributed by atoms with van der Waals surface area (Å²) in [5.41, 5.74) is 0. The molecular formula is C11H23N5O2. The van der Waals surface area contributed by atoms with Crippen molar-refractivity contribution in [2.24, 2.45) is 5.92 Å². The predicted molar refractivity (Wildman–Crippen MR) is 67.1 cm³/mol. The molecule has 0 unspecified atom stereocenters. The molecule has 1 rings (SSSR count). The van der Waals surface area contributed by atoms with Crippen LogP contribution in [0.15, 0.2) is 0 Å². The number of methoxy groups -OCH3 is 1. The molecule has 0 aliphatic carbocycles. The Morgan fingerprint density at radius 1 is 1.33 bits per heavy atom. The van der Waals surface area contributed by atoms with Gasteiger partial charge in [0, 0.05) is 20.3 Å². The first-order valence-electron chi connectivity index (χ1n) is 6.26. The minimum atomic E-state index is 0.550. The fourth-order valence-corrected chi connectivity index (χ4v) is 1.37. The van der Waals surface area contributed by atoms with Gasteiger partial charge >= 0.3 is 0 Å². The lowest BCUT2D eigenvalue weighted by atomic mass is 10.2. The molecule has 0 saturated heterocycles. The Balaban J connectivity index is 2.22. The Hall–Kier alpha value is -1.05. The summed E-state index contributed by atoms with van der Waals surface area (Å²) in [4.78, 5) is 0. The molecule has 0 radical (unpaired) electrons. The largest absolute Gasteiger partial charge is 0.383 e. The first-order chi connectivity index (χ1) is 8.74. The van der Waals surface area contributed by atoms with E-state index < -0.39 is 0 Å². The molecule has 1 aromatic heterocycles. The van der Waals surface area contributed by atoms with Crippen molar-refractivity contribution in [3.63, 3.8) is 0 Å². The molecule has 0 fully saturated rings. The topological polar surface area (TPSA) is 74.1 Å². The van der Waals surface area contributed by atoms with Gasteiger partial charge in [0.05, 0.1) is 26.3 Å². The standard InChI is InChI=1S/C11H23N5O2/c1-10(2)9-18-7-5-16-11(13-14-15-16)8-12-4-6-17-3/h10,12H,4-9H2,1-3H3. The third-order valence-electron chi connectivity index (χ3n) is 2.27. The van der Waals surface area contributed by atoms with E-state index in [9.17, 15) is 0 Å². The Labute approximate surface area is 108 Å². The second kappa shape index (κ2) is 8.96. The van der Waals surface area contributed by atoms with Crippen molar-refractivity contribution in [1.82, 2.24) is 25.5 Å². The van der Waals surface area contributed by atoms with E-state index in [1.807, 2.05) is 0 Å². The smallest absolute Gasteiger partial charge is 0.165 e. The van der Waals surface area contributed by atoms with Crippen LogP contribution in [0.1, 0.15) is 19.7 Å². The summed E-state index contributed by atoms with van der Waals surface area (Å²) >= 11 is 0. The molecule has 0 aliphatic heterocycles. The van der Waals surface area contributed by atoms with Crippen molar-refractivity contribution >= 4 is 0 Å². The van der Waals surface area contributed by atoms with E-state index in [0.717, 1.165) is 19.0 Å². The van der Waals surface area contributed by atoms with E-state index in [2.05, 4.69) is 34.7 Å². The van der Waals surface area contributed by atoms with Crippen LogP contribution in [-0.4, -0.2) is 53.7 Å². The number of hydrogen-bond acceptors (Lipinski definition) is 6. The summed E-state index contributed by atoms with van der Waals surface area (Å²) in [6, 6.07) is 0. The SMILES string of the molecule is COCCNCc1nnnn1CCOCC(C)C. The maximum Gasteiger partial charge on any atom is 0.165 e. The molecular weight excluding hydrogens is 234 g/mol. The van der Waals surface area contributed by atoms with Crippen LogP contribution in [0, 0.1) is 5.92 Å². The van der Waals surface area contributed by atoms with Crippen LogP contribution in [0.4, 0.5) is 0 Å². The zero-order valence-electron chi connectivity index (χ0n) is 11.4. The first-order valence-corrected chi connectivity index (χ1v) is 6.26. The van der Waals surface area contributed by atoms with Gasteiger partial charge in [-0.1, -0.05) is 13.8 Å². The highest BCUT2D eigenvalue weighted by Crippen LogP contribution is 1.95. The van der Waals surface area contributed by atoms with Gasteiger partial charge in [-0.2, -0.15) is 0 Å². The lowest BCUT2D eigenvalue weighted by Crippen LogP contribution is -2.22. The minimum absolute atomic E-state index is 0.550. The van der Waals surface area contributed by atoms with Gasteiger partial charge in [-0.15, -0.1) is 5.10 Å². The number of aromatic nitrogens is 4. The summed E-state index contributed by atoms with van der Waals surface area (Å²) in [7, 11) is 1.68. The molecule has 0 bridgehead atoms. The first kappa shape index (κ1) is 15.0. The molecule has 104 valence electrons. The third-order valence-corrected chi connectivity index (χ3v) is 2.27. The third kappa shape index (κ3) is 6.04. The normalized spacial score (nSPS) is 11.3. The Bertz CT molecular complexity index is 316. The molecule has 0 amide bonds. The summed E-state index contributed by atoms with van der Waals surface area (Å²) in [6.07, 6.45) is 0. The van der Waals surface area contributed by atoms with E-state index >= 15 is 0 Å². The Morgan fingerprint density at radius 3 is 2.89 bits per heavy atom. The van der Waals surface area contributed by atoms with Crippen molar-refractivity contribution in [3.8, 4) is 0 Å². The fraction of sp³-hybridized carbons (Fsp3) is 0.909. The molecule has 7 nitrogen and oxygen atoms in total. The average Bonchev–Trinajstić information content (AvgIpc) is 2.78. The van der Waals surface area contributed by atoms with Crippen LogP contribution < -0.4 is 5.32 Å². The predicted octanol–water partition coefficient (Wildman–Crippen LogP) is 0.0817. The van der Waals surface area contributed by atoms with Gasteiger partial charge in [0.15, 0.2) is 5.82 Å². The quantitative estimate of drug-likeness (QED) is 0.598. The highest BCUT2D eigenvalue weighted by molar-refractivity contribution is 4.79. The van der Waals surface area contributed by atoms with E-state index in [1.165, 1.54) is 0 Å². The second-order valence-electron chi connectivity index (χ2n) is 4.46. The van der Waals surface area contributed by atoms with Gasteiger partial charge < -0.3 is 14.8 Å². The van der Waals surface area contributed by atoms with Gasteiger partial charge in [0.2, 0.25) is 0 Å². The summed E-state index contributed by atoms with van der Waals surface area (Å²) in [6.45, 7) is 8.44. The number of hydrogen-bond donors (Lipinski definition) is 1. The van der Waals surface area contributed by atoms with Crippen LogP contribution >= 0.6 is 0 Å².